The Morgan fingerprint density at radius 2 is 2.29 bits per heavy atom. The van der Waals surface area contributed by atoms with Crippen LogP contribution in [0.2, 0.25) is 0 Å². The first kappa shape index (κ1) is 8.74. The van der Waals surface area contributed by atoms with Gasteiger partial charge in [-0.3, -0.25) is 14.3 Å². The lowest BCUT2D eigenvalue weighted by Gasteiger charge is -1.99. The monoisotopic (exact) mass is 193 g/mol. The van der Waals surface area contributed by atoms with Gasteiger partial charge in [-0.05, 0) is 6.92 Å². The van der Waals surface area contributed by atoms with Gasteiger partial charge in [-0.15, -0.1) is 0 Å². The number of aryl methyl sites for hydroxylation is 1. The van der Waals surface area contributed by atoms with Crippen molar-refractivity contribution < 1.29 is 0 Å². The average Bonchev–Trinajstić information content (AvgIpc) is 2.58. The van der Waals surface area contributed by atoms with Crippen LogP contribution in [0.3, 0.4) is 0 Å². The van der Waals surface area contributed by atoms with Gasteiger partial charge < -0.3 is 4.57 Å². The maximum atomic E-state index is 11.4. The van der Waals surface area contributed by atoms with E-state index in [1.807, 2.05) is 0 Å². The van der Waals surface area contributed by atoms with E-state index in [2.05, 4.69) is 16.9 Å². The summed E-state index contributed by atoms with van der Waals surface area (Å²) in [4.78, 5) is 28.8. The van der Waals surface area contributed by atoms with E-state index in [4.69, 9.17) is 0 Å². The molecule has 6 nitrogen and oxygen atoms in total. The maximum absolute atomic E-state index is 11.4. The minimum atomic E-state index is -0.461. The lowest BCUT2D eigenvalue weighted by molar-refractivity contribution is 0.817. The Bertz CT molecular complexity index is 589. The summed E-state index contributed by atoms with van der Waals surface area (Å²) >= 11 is 0. The Hall–Kier alpha value is -1.85. The van der Waals surface area contributed by atoms with E-state index in [1.165, 1.54) is 10.9 Å². The van der Waals surface area contributed by atoms with Gasteiger partial charge in [-0.2, -0.15) is 0 Å². The van der Waals surface area contributed by atoms with Gasteiger partial charge >= 0.3 is 5.69 Å². The summed E-state index contributed by atoms with van der Waals surface area (Å²) in [5.74, 6) is 0. The highest BCUT2D eigenvalue weighted by atomic mass is 16.2. The second kappa shape index (κ2) is 2.83. The van der Waals surface area contributed by atoms with Crippen LogP contribution in [-0.2, 0) is 13.6 Å². The predicted octanol–water partition coefficient (Wildman–Crippen LogP) is -0.743. The van der Waals surface area contributed by atoms with Crippen molar-refractivity contribution in [3.63, 3.8) is 0 Å². The number of H-pyrrole nitrogens is 1. The first-order valence-electron chi connectivity index (χ1n) is 4.08. The van der Waals surface area contributed by atoms with Crippen LogP contribution in [0.15, 0.2) is 15.9 Å². The summed E-state index contributed by atoms with van der Waals surface area (Å²) < 4.78 is 2.89. The summed E-state index contributed by atoms with van der Waals surface area (Å²) in [5, 5.41) is 0. The van der Waals surface area contributed by atoms with E-state index in [9.17, 15) is 9.59 Å². The Labute approximate surface area is 78.8 Å². The van der Waals surface area contributed by atoms with E-state index >= 15 is 0 Å². The SMILES string of the molecule is [CH2]Cn1cnc2c1c(=O)[nH]c(=O)n2C. The third-order valence-corrected chi connectivity index (χ3v) is 2.12. The van der Waals surface area contributed by atoms with Crippen molar-refractivity contribution >= 4 is 11.2 Å². The molecule has 2 heterocycles. The van der Waals surface area contributed by atoms with Gasteiger partial charge in [0.1, 0.15) is 0 Å². The highest BCUT2D eigenvalue weighted by Gasteiger charge is 2.09. The molecule has 0 spiro atoms. The van der Waals surface area contributed by atoms with Crippen molar-refractivity contribution in [1.29, 1.82) is 0 Å². The van der Waals surface area contributed by atoms with Crippen LogP contribution in [0.1, 0.15) is 0 Å². The zero-order valence-electron chi connectivity index (χ0n) is 7.65. The van der Waals surface area contributed by atoms with Gasteiger partial charge in [0.05, 0.1) is 6.33 Å². The highest BCUT2D eigenvalue weighted by molar-refractivity contribution is 5.69. The third-order valence-electron chi connectivity index (χ3n) is 2.12. The highest BCUT2D eigenvalue weighted by Crippen LogP contribution is 2.03. The normalized spacial score (nSPS) is 11.0. The zero-order chi connectivity index (χ0) is 10.3. The summed E-state index contributed by atoms with van der Waals surface area (Å²) in [6.45, 7) is 4.05. The number of imidazole rings is 1. The Morgan fingerprint density at radius 1 is 1.57 bits per heavy atom. The molecule has 2 rings (SSSR count). The van der Waals surface area contributed by atoms with Gasteiger partial charge in [0.25, 0.3) is 5.56 Å². The molecule has 2 aromatic rings. The van der Waals surface area contributed by atoms with Crippen molar-refractivity contribution in [2.24, 2.45) is 7.05 Å². The lowest BCUT2D eigenvalue weighted by atomic mass is 10.5. The number of rotatable bonds is 1. The van der Waals surface area contributed by atoms with Crippen LogP contribution < -0.4 is 11.2 Å². The predicted molar refractivity (Wildman–Crippen MR) is 51.0 cm³/mol. The fourth-order valence-electron chi connectivity index (χ4n) is 1.36. The van der Waals surface area contributed by atoms with Gasteiger partial charge in [0, 0.05) is 13.6 Å². The molecule has 1 N–H and O–H groups in total. The van der Waals surface area contributed by atoms with Crippen molar-refractivity contribution in [1.82, 2.24) is 19.1 Å². The Balaban J connectivity index is 3.05. The van der Waals surface area contributed by atoms with E-state index in [0.29, 0.717) is 17.7 Å². The molecule has 0 unspecified atom stereocenters. The Kier molecular flexibility index (Phi) is 1.77. The van der Waals surface area contributed by atoms with Crippen LogP contribution in [-0.4, -0.2) is 19.1 Å². The summed E-state index contributed by atoms with van der Waals surface area (Å²) in [7, 11) is 1.56. The molecule has 0 amide bonds. The van der Waals surface area contributed by atoms with Crippen LogP contribution in [0, 0.1) is 6.92 Å². The molecule has 0 saturated carbocycles. The van der Waals surface area contributed by atoms with Crippen molar-refractivity contribution in [2.75, 3.05) is 0 Å². The van der Waals surface area contributed by atoms with Crippen LogP contribution >= 0.6 is 0 Å². The van der Waals surface area contributed by atoms with E-state index in [1.54, 1.807) is 11.6 Å². The van der Waals surface area contributed by atoms with E-state index in [-0.39, 0.29) is 0 Å². The molecule has 0 bridgehead atoms. The van der Waals surface area contributed by atoms with Crippen molar-refractivity contribution in [2.45, 2.75) is 6.54 Å². The standard InChI is InChI=1S/C8H9N4O2/c1-3-12-4-9-6-5(12)7(13)10-8(14)11(6)2/h4H,1,3H2,2H3,(H,10,13,14). The molecule has 73 valence electrons. The fourth-order valence-corrected chi connectivity index (χ4v) is 1.36. The van der Waals surface area contributed by atoms with E-state index < -0.39 is 11.2 Å². The molecule has 2 aromatic heterocycles. The van der Waals surface area contributed by atoms with Crippen LogP contribution in [0.5, 0.6) is 0 Å². The number of aromatic amines is 1. The van der Waals surface area contributed by atoms with Crippen molar-refractivity contribution in [3.05, 3.63) is 34.1 Å². The molecule has 0 aromatic carbocycles. The average molecular weight is 193 g/mol. The molecule has 0 atom stereocenters. The second-order valence-corrected chi connectivity index (χ2v) is 2.93. The quantitative estimate of drug-likeness (QED) is 0.648. The first-order chi connectivity index (χ1) is 6.65. The zero-order valence-corrected chi connectivity index (χ0v) is 7.65. The molecule has 0 saturated heterocycles. The number of fused-ring (bicyclic) bond motifs is 1. The Morgan fingerprint density at radius 3 is 2.93 bits per heavy atom. The van der Waals surface area contributed by atoms with Crippen LogP contribution in [0.4, 0.5) is 0 Å². The van der Waals surface area contributed by atoms with E-state index in [0.717, 1.165) is 0 Å². The van der Waals surface area contributed by atoms with Crippen molar-refractivity contribution in [3.8, 4) is 0 Å². The fraction of sp³-hybridized carbons (Fsp3) is 0.250. The second-order valence-electron chi connectivity index (χ2n) is 2.93. The van der Waals surface area contributed by atoms with Gasteiger partial charge in [-0.1, -0.05) is 0 Å². The molecule has 0 aliphatic heterocycles. The minimum Gasteiger partial charge on any atom is -0.325 e. The first-order valence-corrected chi connectivity index (χ1v) is 4.08. The number of hydrogen-bond donors (Lipinski definition) is 1. The molecular formula is C8H9N4O2. The topological polar surface area (TPSA) is 72.7 Å². The van der Waals surface area contributed by atoms with Gasteiger partial charge in [0.15, 0.2) is 11.2 Å². The van der Waals surface area contributed by atoms with Gasteiger partial charge in [-0.25, -0.2) is 9.78 Å². The smallest absolute Gasteiger partial charge is 0.325 e. The molecular weight excluding hydrogens is 184 g/mol. The molecule has 0 aliphatic carbocycles. The van der Waals surface area contributed by atoms with Gasteiger partial charge in [0.2, 0.25) is 0 Å². The number of nitrogens with zero attached hydrogens (tertiary/aromatic N) is 3. The molecule has 14 heavy (non-hydrogen) atoms. The number of nitrogens with one attached hydrogen (secondary N) is 1. The lowest BCUT2D eigenvalue weighted by Crippen LogP contribution is -2.29. The molecule has 1 radical (unpaired) electrons. The molecule has 0 aliphatic rings. The summed E-state index contributed by atoms with van der Waals surface area (Å²) in [6.07, 6.45) is 1.49. The third kappa shape index (κ3) is 1.00. The largest absolute Gasteiger partial charge is 0.329 e. The number of aromatic nitrogens is 4. The van der Waals surface area contributed by atoms with Crippen LogP contribution in [0.25, 0.3) is 11.2 Å². The maximum Gasteiger partial charge on any atom is 0.329 e. The number of hydrogen-bond acceptors (Lipinski definition) is 3. The molecule has 6 heteroatoms. The minimum absolute atomic E-state index is 0.377. The summed E-state index contributed by atoms with van der Waals surface area (Å²) in [6, 6.07) is 0. The summed E-state index contributed by atoms with van der Waals surface area (Å²) in [5.41, 5.74) is -0.134. The molecule has 0 fully saturated rings.